The second kappa shape index (κ2) is 8.06. The number of esters is 1. The molecule has 0 spiro atoms. The van der Waals surface area contributed by atoms with E-state index >= 15 is 0 Å². The van der Waals surface area contributed by atoms with Gasteiger partial charge in [-0.15, -0.1) is 0 Å². The first kappa shape index (κ1) is 19.3. The number of amides is 2. The smallest absolute Gasteiger partial charge is 0.317 e. The van der Waals surface area contributed by atoms with Crippen LogP contribution in [0.3, 0.4) is 0 Å². The second-order valence-electron chi connectivity index (χ2n) is 7.35. The number of nitrogens with zero attached hydrogens (tertiary/aromatic N) is 1. The van der Waals surface area contributed by atoms with E-state index in [1.807, 2.05) is 0 Å². The minimum atomic E-state index is -1.05. The Morgan fingerprint density at radius 3 is 2.52 bits per heavy atom. The average Bonchev–Trinajstić information content (AvgIpc) is 3.17. The molecule has 0 bridgehead atoms. The lowest BCUT2D eigenvalue weighted by Crippen LogP contribution is -2.52. The zero-order valence-electron chi connectivity index (χ0n) is 15.3. The molecule has 1 heterocycles. The molecule has 2 fully saturated rings. The number of carbonyl (C=O) groups is 3. The van der Waals surface area contributed by atoms with E-state index < -0.39 is 41.7 Å². The van der Waals surface area contributed by atoms with Gasteiger partial charge in [-0.3, -0.25) is 14.4 Å². The van der Waals surface area contributed by atoms with E-state index in [0.717, 1.165) is 25.7 Å². The van der Waals surface area contributed by atoms with Gasteiger partial charge in [0.2, 0.25) is 5.91 Å². The minimum absolute atomic E-state index is 0.327. The van der Waals surface area contributed by atoms with Crippen molar-refractivity contribution in [2.45, 2.75) is 56.4 Å². The van der Waals surface area contributed by atoms with Gasteiger partial charge in [0.15, 0.2) is 6.61 Å². The number of ether oxygens (including phenoxy) is 1. The van der Waals surface area contributed by atoms with Gasteiger partial charge in [0.1, 0.15) is 11.9 Å². The summed E-state index contributed by atoms with van der Waals surface area (Å²) < 4.78 is 19.7. The summed E-state index contributed by atoms with van der Waals surface area (Å²) in [6, 6.07) is 5.56. The van der Waals surface area contributed by atoms with Gasteiger partial charge in [-0.25, -0.2) is 4.39 Å². The van der Waals surface area contributed by atoms with E-state index in [0.29, 0.717) is 31.4 Å². The van der Waals surface area contributed by atoms with Crippen molar-refractivity contribution in [3.05, 3.63) is 35.6 Å². The van der Waals surface area contributed by atoms with Crippen molar-refractivity contribution in [2.24, 2.45) is 5.73 Å². The first-order chi connectivity index (χ1) is 13.0. The summed E-state index contributed by atoms with van der Waals surface area (Å²) in [5.41, 5.74) is 4.66. The van der Waals surface area contributed by atoms with Gasteiger partial charge < -0.3 is 15.4 Å². The van der Waals surface area contributed by atoms with Crippen molar-refractivity contribution >= 4 is 17.8 Å². The number of rotatable bonds is 5. The molecule has 1 aliphatic carbocycles. The number of carbonyl (C=O) groups excluding carboxylic acids is 3. The van der Waals surface area contributed by atoms with Gasteiger partial charge in [-0.2, -0.15) is 0 Å². The fourth-order valence-corrected chi connectivity index (χ4v) is 4.29. The quantitative estimate of drug-likeness (QED) is 0.797. The van der Waals surface area contributed by atoms with Crippen molar-refractivity contribution in [3.8, 4) is 0 Å². The third-order valence-electron chi connectivity index (χ3n) is 5.72. The van der Waals surface area contributed by atoms with Crippen LogP contribution >= 0.6 is 0 Å². The summed E-state index contributed by atoms with van der Waals surface area (Å²) in [6.45, 7) is -0.0404. The van der Waals surface area contributed by atoms with Crippen LogP contribution in [0, 0.1) is 5.82 Å². The Balaban J connectivity index is 1.71. The van der Waals surface area contributed by atoms with Gasteiger partial charge in [0.25, 0.3) is 5.91 Å². The van der Waals surface area contributed by atoms with Gasteiger partial charge in [0.05, 0.1) is 5.41 Å². The molecule has 1 saturated heterocycles. The first-order valence-electron chi connectivity index (χ1n) is 9.47. The van der Waals surface area contributed by atoms with E-state index in [4.69, 9.17) is 10.5 Å². The normalized spacial score (nSPS) is 21.7. The van der Waals surface area contributed by atoms with Crippen LogP contribution in [-0.4, -0.2) is 41.9 Å². The molecule has 27 heavy (non-hydrogen) atoms. The maximum atomic E-state index is 14.3. The molecule has 0 radical (unpaired) electrons. The van der Waals surface area contributed by atoms with Crippen LogP contribution in [0.25, 0.3) is 0 Å². The largest absolute Gasteiger partial charge is 0.455 e. The lowest BCUT2D eigenvalue weighted by atomic mass is 9.78. The van der Waals surface area contributed by atoms with E-state index in [2.05, 4.69) is 0 Å². The number of hydrogen-bond donors (Lipinski definition) is 1. The predicted molar refractivity (Wildman–Crippen MR) is 96.1 cm³/mol. The maximum absolute atomic E-state index is 14.3. The predicted octanol–water partition coefficient (Wildman–Crippen LogP) is 2.05. The van der Waals surface area contributed by atoms with Gasteiger partial charge in [-0.05, 0) is 38.2 Å². The van der Waals surface area contributed by atoms with Crippen LogP contribution in [-0.2, 0) is 24.5 Å². The standard InChI is InChI=1S/C20H25FN2O4/c21-15-8-2-1-7-14(15)20(10-4-5-11-20)19(26)27-13-17(24)23-12-6-3-9-16(23)18(22)25/h1-2,7-8,16H,3-6,9-13H2,(H2,22,25)/t16-/m1/s1. The van der Waals surface area contributed by atoms with E-state index in [9.17, 15) is 18.8 Å². The van der Waals surface area contributed by atoms with E-state index in [-0.39, 0.29) is 0 Å². The van der Waals surface area contributed by atoms with Gasteiger partial charge >= 0.3 is 5.97 Å². The summed E-state index contributed by atoms with van der Waals surface area (Å²) in [5, 5.41) is 0. The number of hydrogen-bond acceptors (Lipinski definition) is 4. The van der Waals surface area contributed by atoms with Crippen LogP contribution < -0.4 is 5.73 Å². The van der Waals surface area contributed by atoms with Crippen LogP contribution in [0.1, 0.15) is 50.5 Å². The van der Waals surface area contributed by atoms with Gasteiger partial charge in [-0.1, -0.05) is 31.0 Å². The van der Waals surface area contributed by atoms with E-state index in [1.54, 1.807) is 18.2 Å². The van der Waals surface area contributed by atoms with E-state index in [1.165, 1.54) is 11.0 Å². The molecule has 1 saturated carbocycles. The van der Waals surface area contributed by atoms with Crippen molar-refractivity contribution < 1.29 is 23.5 Å². The molecule has 2 N–H and O–H groups in total. The molecule has 3 rings (SSSR count). The molecule has 2 aliphatic rings. The molecule has 7 heteroatoms. The SMILES string of the molecule is NC(=O)[C@H]1CCCCN1C(=O)COC(=O)C1(c2ccccc2F)CCCC1. The highest BCUT2D eigenvalue weighted by Crippen LogP contribution is 2.43. The van der Waals surface area contributed by atoms with Crippen LogP contribution in [0.15, 0.2) is 24.3 Å². The summed E-state index contributed by atoms with van der Waals surface area (Å²) in [4.78, 5) is 38.3. The maximum Gasteiger partial charge on any atom is 0.317 e. The lowest BCUT2D eigenvalue weighted by Gasteiger charge is -2.34. The zero-order valence-corrected chi connectivity index (χ0v) is 15.3. The minimum Gasteiger partial charge on any atom is -0.455 e. The van der Waals surface area contributed by atoms with Gasteiger partial charge in [0, 0.05) is 12.1 Å². The Morgan fingerprint density at radius 2 is 1.85 bits per heavy atom. The summed E-state index contributed by atoms with van der Waals surface area (Å²) >= 11 is 0. The monoisotopic (exact) mass is 376 g/mol. The highest BCUT2D eigenvalue weighted by Gasteiger charge is 2.46. The summed E-state index contributed by atoms with van der Waals surface area (Å²) in [5.74, 6) is -2.00. The van der Waals surface area contributed by atoms with Crippen molar-refractivity contribution in [3.63, 3.8) is 0 Å². The number of piperidine rings is 1. The Hall–Kier alpha value is -2.44. The average molecular weight is 376 g/mol. The lowest BCUT2D eigenvalue weighted by molar-refractivity contribution is -0.159. The molecule has 1 aromatic rings. The highest BCUT2D eigenvalue weighted by molar-refractivity contribution is 5.90. The second-order valence-corrected chi connectivity index (χ2v) is 7.35. The third kappa shape index (κ3) is 3.82. The Kier molecular flexibility index (Phi) is 5.77. The molecule has 0 aromatic heterocycles. The number of nitrogens with two attached hydrogens (primary N) is 1. The molecule has 1 aliphatic heterocycles. The Bertz CT molecular complexity index is 730. The number of benzene rings is 1. The topological polar surface area (TPSA) is 89.7 Å². The Morgan fingerprint density at radius 1 is 1.15 bits per heavy atom. The fraction of sp³-hybridized carbons (Fsp3) is 0.550. The molecule has 6 nitrogen and oxygen atoms in total. The molecule has 1 atom stereocenters. The van der Waals surface area contributed by atoms with Crippen LogP contribution in [0.5, 0.6) is 0 Å². The molecule has 0 unspecified atom stereocenters. The molecule has 1 aromatic carbocycles. The number of likely N-dealkylation sites (tertiary alicyclic amines) is 1. The third-order valence-corrected chi connectivity index (χ3v) is 5.72. The van der Waals surface area contributed by atoms with Crippen molar-refractivity contribution in [1.82, 2.24) is 4.90 Å². The fourth-order valence-electron chi connectivity index (χ4n) is 4.29. The van der Waals surface area contributed by atoms with Crippen LogP contribution in [0.4, 0.5) is 4.39 Å². The zero-order chi connectivity index (χ0) is 19.4. The Labute approximate surface area is 157 Å². The molecule has 2 amide bonds. The molecular formula is C20H25FN2O4. The van der Waals surface area contributed by atoms with Crippen LogP contribution in [0.2, 0.25) is 0 Å². The number of halogens is 1. The first-order valence-corrected chi connectivity index (χ1v) is 9.47. The summed E-state index contributed by atoms with van der Waals surface area (Å²) in [7, 11) is 0. The van der Waals surface area contributed by atoms with Crippen molar-refractivity contribution in [1.29, 1.82) is 0 Å². The molecular weight excluding hydrogens is 351 g/mol. The van der Waals surface area contributed by atoms with Crippen molar-refractivity contribution in [2.75, 3.05) is 13.2 Å². The highest BCUT2D eigenvalue weighted by atomic mass is 19.1. The number of primary amides is 1. The summed E-state index contributed by atoms with van der Waals surface area (Å²) in [6.07, 6.45) is 4.72. The molecule has 146 valence electrons.